The standard InChI is InChI=1S/C52H40N2O/c1-34-14-13-21-44-30-31-46-48-33-45(32-47(50(48)55-51(46)49(34)44)43-28-26-42(27-29-43)40-19-11-6-12-20-40)52(53-35(2)37-15-7-4-8-16-37)54-36(3)38-22-24-41(25-23-38)39-17-9-5-10-18-39/h4-13,15-34H,3,14H2,1-2H3/b53-35+,54-52-. The summed E-state index contributed by atoms with van der Waals surface area (Å²) >= 11 is 0. The Hall–Kier alpha value is -6.84. The highest BCUT2D eigenvalue weighted by Gasteiger charge is 2.23. The highest BCUT2D eigenvalue weighted by atomic mass is 16.3. The number of rotatable bonds is 7. The summed E-state index contributed by atoms with van der Waals surface area (Å²) in [6, 6.07) is 57.2. The number of hydrogen-bond acceptors (Lipinski definition) is 2. The Morgan fingerprint density at radius 1 is 0.564 bits per heavy atom. The Balaban J connectivity index is 1.24. The summed E-state index contributed by atoms with van der Waals surface area (Å²) in [5.41, 5.74) is 15.4. The van der Waals surface area contributed by atoms with Gasteiger partial charge in [-0.25, -0.2) is 9.98 Å². The number of benzene rings is 7. The molecule has 1 heterocycles. The van der Waals surface area contributed by atoms with Crippen LogP contribution in [0.25, 0.3) is 67.1 Å². The lowest BCUT2D eigenvalue weighted by molar-refractivity contribution is 0.651. The van der Waals surface area contributed by atoms with Crippen molar-refractivity contribution in [3.05, 3.63) is 204 Å². The van der Waals surface area contributed by atoms with Gasteiger partial charge in [-0.15, -0.1) is 0 Å². The maximum Gasteiger partial charge on any atom is 0.160 e. The summed E-state index contributed by atoms with van der Waals surface area (Å²) in [5, 5.41) is 2.13. The van der Waals surface area contributed by atoms with Crippen molar-refractivity contribution in [1.29, 1.82) is 0 Å². The highest BCUT2D eigenvalue weighted by molar-refractivity contribution is 6.18. The van der Waals surface area contributed by atoms with Crippen molar-refractivity contribution < 1.29 is 4.42 Å². The van der Waals surface area contributed by atoms with Gasteiger partial charge in [-0.1, -0.05) is 171 Å². The minimum absolute atomic E-state index is 0.351. The van der Waals surface area contributed by atoms with E-state index in [2.05, 4.69) is 159 Å². The van der Waals surface area contributed by atoms with Crippen LogP contribution in [0.3, 0.4) is 0 Å². The molecule has 55 heavy (non-hydrogen) atoms. The maximum atomic E-state index is 6.98. The fourth-order valence-electron chi connectivity index (χ4n) is 7.70. The number of furan rings is 1. The van der Waals surface area contributed by atoms with E-state index in [1.54, 1.807) is 0 Å². The summed E-state index contributed by atoms with van der Waals surface area (Å²) in [6.07, 6.45) is 5.47. The van der Waals surface area contributed by atoms with Crippen LogP contribution in [0.1, 0.15) is 54.0 Å². The first-order valence-corrected chi connectivity index (χ1v) is 18.9. The molecule has 1 aliphatic rings. The maximum absolute atomic E-state index is 6.98. The smallest absolute Gasteiger partial charge is 0.160 e. The van der Waals surface area contributed by atoms with Gasteiger partial charge in [0, 0.05) is 33.2 Å². The molecule has 1 aliphatic carbocycles. The third-order valence-corrected chi connectivity index (χ3v) is 10.7. The Labute approximate surface area is 322 Å². The first-order chi connectivity index (χ1) is 27.0. The Kier molecular flexibility index (Phi) is 8.97. The Morgan fingerprint density at radius 2 is 1.15 bits per heavy atom. The molecule has 264 valence electrons. The van der Waals surface area contributed by atoms with Gasteiger partial charge in [-0.05, 0) is 82.0 Å². The SMILES string of the molecule is C=C(/N=C(\N=C(/C)c1ccccc1)c1cc(-c2ccc(-c3ccccc3)cc2)c2oc3c4c(ccc3c2c1)C=CCC4C)c1ccc(-c2ccccc2)cc1. The van der Waals surface area contributed by atoms with Crippen molar-refractivity contribution in [3.8, 4) is 33.4 Å². The van der Waals surface area contributed by atoms with E-state index in [9.17, 15) is 0 Å². The van der Waals surface area contributed by atoms with Crippen LogP contribution in [-0.4, -0.2) is 11.5 Å². The van der Waals surface area contributed by atoms with E-state index in [1.807, 2.05) is 37.3 Å². The van der Waals surface area contributed by atoms with Gasteiger partial charge in [-0.3, -0.25) is 0 Å². The van der Waals surface area contributed by atoms with Gasteiger partial charge in [0.1, 0.15) is 11.2 Å². The number of aliphatic imine (C=N–C) groups is 2. The lowest BCUT2D eigenvalue weighted by Crippen LogP contribution is -2.05. The van der Waals surface area contributed by atoms with E-state index < -0.39 is 0 Å². The number of nitrogens with zero attached hydrogens (tertiary/aromatic N) is 2. The predicted molar refractivity (Wildman–Crippen MR) is 233 cm³/mol. The largest absolute Gasteiger partial charge is 0.455 e. The first kappa shape index (κ1) is 34.0. The second-order valence-corrected chi connectivity index (χ2v) is 14.3. The fourth-order valence-corrected chi connectivity index (χ4v) is 7.70. The fraction of sp³-hybridized carbons (Fsp3) is 0.0769. The van der Waals surface area contributed by atoms with Gasteiger partial charge in [-0.2, -0.15) is 0 Å². The average molecular weight is 709 g/mol. The van der Waals surface area contributed by atoms with Crippen LogP contribution in [0.4, 0.5) is 0 Å². The van der Waals surface area contributed by atoms with Crippen LogP contribution in [0.5, 0.6) is 0 Å². The van der Waals surface area contributed by atoms with Gasteiger partial charge in [0.25, 0.3) is 0 Å². The van der Waals surface area contributed by atoms with E-state index >= 15 is 0 Å². The van der Waals surface area contributed by atoms with E-state index in [4.69, 9.17) is 14.4 Å². The third kappa shape index (κ3) is 6.66. The van der Waals surface area contributed by atoms with Crippen LogP contribution in [-0.2, 0) is 0 Å². The molecule has 7 aromatic carbocycles. The summed E-state index contributed by atoms with van der Waals surface area (Å²) < 4.78 is 6.98. The minimum Gasteiger partial charge on any atom is -0.455 e. The zero-order valence-corrected chi connectivity index (χ0v) is 31.0. The Morgan fingerprint density at radius 3 is 1.80 bits per heavy atom. The molecule has 8 aromatic rings. The molecule has 1 atom stereocenters. The van der Waals surface area contributed by atoms with Gasteiger partial charge in [0.2, 0.25) is 0 Å². The second-order valence-electron chi connectivity index (χ2n) is 14.3. The molecule has 3 heteroatoms. The predicted octanol–water partition coefficient (Wildman–Crippen LogP) is 14.0. The molecule has 0 aliphatic heterocycles. The Bertz CT molecular complexity index is 2770. The normalized spacial score (nSPS) is 14.3. The topological polar surface area (TPSA) is 37.9 Å². The zero-order valence-electron chi connectivity index (χ0n) is 31.0. The molecule has 0 bridgehead atoms. The lowest BCUT2D eigenvalue weighted by atomic mass is 9.87. The molecule has 0 N–H and O–H groups in total. The highest BCUT2D eigenvalue weighted by Crippen LogP contribution is 2.43. The quantitative estimate of drug-likeness (QED) is 0.120. The molecule has 0 fully saturated rings. The van der Waals surface area contributed by atoms with Crippen LogP contribution < -0.4 is 0 Å². The van der Waals surface area contributed by atoms with Crippen LogP contribution in [0.15, 0.2) is 191 Å². The molecule has 0 spiro atoms. The number of hydrogen-bond donors (Lipinski definition) is 0. The molecule has 0 amide bonds. The van der Waals surface area contributed by atoms with Gasteiger partial charge >= 0.3 is 0 Å². The summed E-state index contributed by atoms with van der Waals surface area (Å²) in [5.74, 6) is 0.940. The van der Waals surface area contributed by atoms with E-state index in [0.717, 1.165) is 73.0 Å². The van der Waals surface area contributed by atoms with Crippen molar-refractivity contribution in [2.45, 2.75) is 26.2 Å². The minimum atomic E-state index is 0.351. The van der Waals surface area contributed by atoms with Crippen molar-refractivity contribution in [1.82, 2.24) is 0 Å². The van der Waals surface area contributed by atoms with Gasteiger partial charge in [0.05, 0.1) is 5.70 Å². The number of fused-ring (bicyclic) bond motifs is 5. The van der Waals surface area contributed by atoms with Gasteiger partial charge < -0.3 is 4.42 Å². The molecule has 0 saturated carbocycles. The molecule has 0 radical (unpaired) electrons. The van der Waals surface area contributed by atoms with Crippen molar-refractivity contribution in [3.63, 3.8) is 0 Å². The molecule has 1 unspecified atom stereocenters. The number of amidine groups is 1. The van der Waals surface area contributed by atoms with Gasteiger partial charge in [0.15, 0.2) is 5.84 Å². The molecular weight excluding hydrogens is 669 g/mol. The summed E-state index contributed by atoms with van der Waals surface area (Å²) in [4.78, 5) is 10.5. The van der Waals surface area contributed by atoms with Crippen LogP contribution in [0.2, 0.25) is 0 Å². The third-order valence-electron chi connectivity index (χ3n) is 10.7. The average Bonchev–Trinajstić information content (AvgIpc) is 3.63. The van der Waals surface area contributed by atoms with Crippen molar-refractivity contribution >= 4 is 45.3 Å². The molecule has 3 nitrogen and oxygen atoms in total. The van der Waals surface area contributed by atoms with Crippen LogP contribution in [0, 0.1) is 0 Å². The molecule has 1 aromatic heterocycles. The lowest BCUT2D eigenvalue weighted by Gasteiger charge is -2.17. The second kappa shape index (κ2) is 14.5. The van der Waals surface area contributed by atoms with E-state index in [1.165, 1.54) is 22.3 Å². The molecule has 9 rings (SSSR count). The summed E-state index contributed by atoms with van der Waals surface area (Å²) in [6.45, 7) is 8.79. The van der Waals surface area contributed by atoms with Crippen molar-refractivity contribution in [2.75, 3.05) is 0 Å². The summed E-state index contributed by atoms with van der Waals surface area (Å²) in [7, 11) is 0. The van der Waals surface area contributed by atoms with E-state index in [-0.39, 0.29) is 0 Å². The zero-order chi connectivity index (χ0) is 37.3. The van der Waals surface area contributed by atoms with E-state index in [0.29, 0.717) is 17.5 Å². The monoisotopic (exact) mass is 708 g/mol. The first-order valence-electron chi connectivity index (χ1n) is 18.9. The van der Waals surface area contributed by atoms with Crippen LogP contribution >= 0.6 is 0 Å². The number of allylic oxidation sites excluding steroid dienone is 1. The molecule has 0 saturated heterocycles. The van der Waals surface area contributed by atoms with Crippen molar-refractivity contribution in [2.24, 2.45) is 9.98 Å². The molecular formula is C52H40N2O.